The molecular formula is C41H45F2N5O7. The summed E-state index contributed by atoms with van der Waals surface area (Å²) in [6.07, 6.45) is 2.31. The number of phenolic OH excluding ortho intramolecular Hbond substituents is 1. The van der Waals surface area contributed by atoms with E-state index in [1.54, 1.807) is 22.8 Å². The Bertz CT molecular complexity index is 2370. The molecule has 0 saturated heterocycles. The number of oxazole rings is 1. The Hall–Kier alpha value is -5.83. The minimum absolute atomic E-state index is 0. The van der Waals surface area contributed by atoms with Crippen molar-refractivity contribution in [2.45, 2.75) is 69.8 Å². The van der Waals surface area contributed by atoms with Gasteiger partial charge in [-0.1, -0.05) is 54.6 Å². The number of rotatable bonds is 12. The minimum Gasteiger partial charge on any atom is -0.506 e. The van der Waals surface area contributed by atoms with Crippen LogP contribution in [0.3, 0.4) is 0 Å². The number of nitrogens with two attached hydrogens (primary N) is 1. The normalized spacial score (nSPS) is 16.0. The van der Waals surface area contributed by atoms with E-state index in [0.717, 1.165) is 35.1 Å². The van der Waals surface area contributed by atoms with Crippen molar-refractivity contribution >= 4 is 33.8 Å². The van der Waals surface area contributed by atoms with Gasteiger partial charge in [0.25, 0.3) is 0 Å². The molecule has 1 aliphatic rings. The van der Waals surface area contributed by atoms with E-state index in [-0.39, 0.29) is 44.9 Å². The zero-order chi connectivity index (χ0) is 37.1. The number of aliphatic hydroxyl groups excluding tert-OH is 1. The summed E-state index contributed by atoms with van der Waals surface area (Å²) in [5, 5.41) is 35.4. The van der Waals surface area contributed by atoms with Gasteiger partial charge in [-0.05, 0) is 91.1 Å². The molecule has 1 atom stereocenters. The van der Waals surface area contributed by atoms with Crippen molar-refractivity contribution in [1.29, 1.82) is 0 Å². The number of anilines is 1. The van der Waals surface area contributed by atoms with Gasteiger partial charge in [-0.15, -0.1) is 0 Å². The van der Waals surface area contributed by atoms with Crippen LogP contribution in [0.2, 0.25) is 0 Å². The summed E-state index contributed by atoms with van der Waals surface area (Å²) >= 11 is 0. The van der Waals surface area contributed by atoms with Gasteiger partial charge < -0.3 is 35.8 Å². The van der Waals surface area contributed by atoms with Crippen molar-refractivity contribution < 1.29 is 33.9 Å². The number of aryl methyl sites for hydroxylation is 2. The molecule has 7 rings (SSSR count). The molecule has 1 fully saturated rings. The molecule has 55 heavy (non-hydrogen) atoms. The van der Waals surface area contributed by atoms with Gasteiger partial charge in [0.15, 0.2) is 5.58 Å². The fourth-order valence-corrected chi connectivity index (χ4v) is 7.49. The van der Waals surface area contributed by atoms with Crippen molar-refractivity contribution in [3.8, 4) is 16.9 Å². The standard InChI is InChI=1S/C41H43N5O7.2FH/c42-28-10-12-29(13-11-28)46(40(50)51)33-21-25(8-14-30(33)27-6-2-1-3-7-27)5-4-20-45-34-22-26(9-18-37(34)53-41(45)52)23-43-24-36(48)31-15-17-35(47)39-32(31)16-19-38(49)44-39;;/h1-3,6-9,14-19,21-22,28-29,36,43,47-48H,4-5,10-13,20,23-24,42H2,(H,44,49)(H,50,51);2*1H/t28?,29?,36-;;/m1../s1. The molecule has 1 amide bonds. The number of carbonyl (C=O) groups is 1. The average Bonchev–Trinajstić information content (AvgIpc) is 3.47. The molecule has 0 aliphatic heterocycles. The van der Waals surface area contributed by atoms with E-state index in [0.29, 0.717) is 66.5 Å². The largest absolute Gasteiger partial charge is 0.506 e. The highest BCUT2D eigenvalue weighted by Gasteiger charge is 2.30. The molecule has 4 aromatic carbocycles. The molecule has 6 aromatic rings. The third kappa shape index (κ3) is 8.78. The first-order valence-corrected chi connectivity index (χ1v) is 18.0. The van der Waals surface area contributed by atoms with E-state index in [1.807, 2.05) is 60.7 Å². The Kier molecular flexibility index (Phi) is 12.9. The van der Waals surface area contributed by atoms with Crippen molar-refractivity contribution in [2.24, 2.45) is 5.73 Å². The number of amides is 1. The number of H-pyrrole nitrogens is 1. The number of halogens is 2. The smallest absolute Gasteiger partial charge is 0.419 e. The molecule has 290 valence electrons. The number of pyridine rings is 1. The van der Waals surface area contributed by atoms with Crippen LogP contribution in [0.15, 0.2) is 105 Å². The van der Waals surface area contributed by atoms with Gasteiger partial charge in [-0.25, -0.2) is 9.59 Å². The summed E-state index contributed by atoms with van der Waals surface area (Å²) in [6, 6.07) is 27.2. The third-order valence-electron chi connectivity index (χ3n) is 10.2. The predicted molar refractivity (Wildman–Crippen MR) is 209 cm³/mol. The number of aliphatic hydroxyl groups is 1. The minimum atomic E-state index is -0.984. The maximum absolute atomic E-state index is 12.9. The number of benzene rings is 4. The van der Waals surface area contributed by atoms with Crippen LogP contribution in [0.1, 0.15) is 54.9 Å². The number of aromatic nitrogens is 2. The number of fused-ring (bicyclic) bond motifs is 2. The number of aromatic amines is 1. The highest BCUT2D eigenvalue weighted by molar-refractivity contribution is 5.94. The van der Waals surface area contributed by atoms with Crippen molar-refractivity contribution in [1.82, 2.24) is 14.9 Å². The first-order valence-electron chi connectivity index (χ1n) is 18.0. The monoisotopic (exact) mass is 757 g/mol. The number of nitrogens with zero attached hydrogens (tertiary/aromatic N) is 2. The number of carboxylic acid groups (broad SMARTS) is 1. The van der Waals surface area contributed by atoms with E-state index in [2.05, 4.69) is 10.3 Å². The summed E-state index contributed by atoms with van der Waals surface area (Å²) in [5.74, 6) is -0.525. The molecular weight excluding hydrogens is 712 g/mol. The first-order chi connectivity index (χ1) is 25.7. The molecule has 0 spiro atoms. The van der Waals surface area contributed by atoms with Crippen LogP contribution in [0.4, 0.5) is 19.9 Å². The number of nitrogens with one attached hydrogen (secondary N) is 2. The summed E-state index contributed by atoms with van der Waals surface area (Å²) in [5.41, 5.74) is 12.1. The van der Waals surface area contributed by atoms with Crippen molar-refractivity contribution in [2.75, 3.05) is 11.4 Å². The third-order valence-corrected chi connectivity index (χ3v) is 10.2. The second-order valence-corrected chi connectivity index (χ2v) is 13.8. The maximum atomic E-state index is 12.9. The summed E-state index contributed by atoms with van der Waals surface area (Å²) in [4.78, 5) is 41.6. The van der Waals surface area contributed by atoms with E-state index in [4.69, 9.17) is 10.2 Å². The van der Waals surface area contributed by atoms with Gasteiger partial charge in [0.2, 0.25) is 5.56 Å². The molecule has 0 bridgehead atoms. The Morgan fingerprint density at radius 3 is 2.44 bits per heavy atom. The highest BCUT2D eigenvalue weighted by Crippen LogP contribution is 2.36. The van der Waals surface area contributed by atoms with Crippen LogP contribution in [-0.4, -0.2) is 49.6 Å². The molecule has 1 saturated carbocycles. The summed E-state index contributed by atoms with van der Waals surface area (Å²) in [6.45, 7) is 1.01. The Balaban J connectivity index is 0.00000290. The van der Waals surface area contributed by atoms with Gasteiger partial charge in [-0.2, -0.15) is 0 Å². The molecule has 1 aliphatic carbocycles. The number of hydrogen-bond acceptors (Lipinski definition) is 8. The van der Waals surface area contributed by atoms with E-state index in [1.165, 1.54) is 17.0 Å². The Morgan fingerprint density at radius 1 is 0.945 bits per heavy atom. The van der Waals surface area contributed by atoms with Crippen molar-refractivity contribution in [3.05, 3.63) is 129 Å². The Labute approximate surface area is 314 Å². The SMILES string of the molecule is F.F.NC1CCC(N(C(=O)O)c2cc(CCCn3c(=O)oc4ccc(CNC[C@@H](O)c5ccc(O)c6[nH]c(=O)ccc56)cc43)ccc2-c2ccccc2)CC1. The molecule has 2 heterocycles. The van der Waals surface area contributed by atoms with Gasteiger partial charge in [-0.3, -0.25) is 23.7 Å². The van der Waals surface area contributed by atoms with Crippen molar-refractivity contribution in [3.63, 3.8) is 0 Å². The second-order valence-electron chi connectivity index (χ2n) is 13.8. The topological polar surface area (TPSA) is 187 Å². The highest BCUT2D eigenvalue weighted by atomic mass is 19.0. The number of hydrogen-bond donors (Lipinski definition) is 6. The second kappa shape index (κ2) is 17.5. The van der Waals surface area contributed by atoms with Crippen LogP contribution >= 0.6 is 0 Å². The van der Waals surface area contributed by atoms with Gasteiger partial charge in [0, 0.05) is 48.7 Å². The van der Waals surface area contributed by atoms with E-state index in [9.17, 15) is 29.7 Å². The molecule has 0 radical (unpaired) electrons. The summed E-state index contributed by atoms with van der Waals surface area (Å²) in [7, 11) is 0. The zero-order valence-electron chi connectivity index (χ0n) is 30.0. The number of aromatic hydroxyl groups is 1. The van der Waals surface area contributed by atoms with E-state index < -0.39 is 18.0 Å². The fraction of sp³-hybridized carbons (Fsp3) is 0.293. The lowest BCUT2D eigenvalue weighted by Gasteiger charge is -2.35. The van der Waals surface area contributed by atoms with Gasteiger partial charge >= 0.3 is 11.8 Å². The molecule has 0 unspecified atom stereocenters. The fourth-order valence-electron chi connectivity index (χ4n) is 7.49. The lowest BCUT2D eigenvalue weighted by molar-refractivity contribution is 0.176. The van der Waals surface area contributed by atoms with Crippen LogP contribution in [-0.2, 0) is 19.5 Å². The van der Waals surface area contributed by atoms with Gasteiger partial charge in [0.05, 0.1) is 22.8 Å². The summed E-state index contributed by atoms with van der Waals surface area (Å²) < 4.78 is 7.17. The lowest BCUT2D eigenvalue weighted by atomic mass is 9.89. The van der Waals surface area contributed by atoms with Crippen LogP contribution in [0.25, 0.3) is 33.1 Å². The molecule has 7 N–H and O–H groups in total. The van der Waals surface area contributed by atoms with Gasteiger partial charge in [0.1, 0.15) is 5.75 Å². The zero-order valence-corrected chi connectivity index (χ0v) is 30.0. The first kappa shape index (κ1) is 40.4. The van der Waals surface area contributed by atoms with E-state index >= 15 is 0 Å². The Morgan fingerprint density at radius 2 is 1.69 bits per heavy atom. The maximum Gasteiger partial charge on any atom is 0.419 e. The van der Waals surface area contributed by atoms with Crippen LogP contribution in [0.5, 0.6) is 5.75 Å². The average molecular weight is 758 g/mol. The molecule has 14 heteroatoms. The molecule has 12 nitrogen and oxygen atoms in total. The number of phenols is 1. The predicted octanol–water partition coefficient (Wildman–Crippen LogP) is 6.32. The molecule has 2 aromatic heterocycles. The quantitative estimate of drug-likeness (QED) is 0.0830. The lowest BCUT2D eigenvalue weighted by Crippen LogP contribution is -2.44. The van der Waals surface area contributed by atoms with Crippen LogP contribution < -0.4 is 27.3 Å². The van der Waals surface area contributed by atoms with Crippen LogP contribution in [0, 0.1) is 0 Å².